The molecule has 2 aliphatic rings. The SMILES string of the molecule is C[C@@H]1c2c(F)cc(Oc3cccnn3)cc2OC(=O)N1Cc1cccc(NS(=O)(=O)C2CC2)c1F. The fraction of sp³-hybridized carbons (Fsp3) is 0.261. The van der Waals surface area contributed by atoms with Gasteiger partial charge in [-0.2, -0.15) is 5.10 Å². The predicted molar refractivity (Wildman–Crippen MR) is 120 cm³/mol. The minimum atomic E-state index is -3.67. The van der Waals surface area contributed by atoms with E-state index in [4.69, 9.17) is 9.47 Å². The number of nitrogens with zero attached hydrogens (tertiary/aromatic N) is 3. The molecular weight excluding hydrogens is 482 g/mol. The van der Waals surface area contributed by atoms with Crippen molar-refractivity contribution < 1.29 is 31.5 Å². The van der Waals surface area contributed by atoms with Crippen LogP contribution in [0.25, 0.3) is 0 Å². The van der Waals surface area contributed by atoms with E-state index in [9.17, 15) is 13.2 Å². The maximum Gasteiger partial charge on any atom is 0.416 e. The van der Waals surface area contributed by atoms with Crippen LogP contribution in [0.15, 0.2) is 48.7 Å². The summed E-state index contributed by atoms with van der Waals surface area (Å²) in [6.45, 7) is 1.32. The number of fused-ring (bicyclic) bond motifs is 1. The summed E-state index contributed by atoms with van der Waals surface area (Å²) in [6, 6.07) is 9.05. The van der Waals surface area contributed by atoms with Crippen molar-refractivity contribution in [2.24, 2.45) is 0 Å². The van der Waals surface area contributed by atoms with Crippen molar-refractivity contribution in [2.75, 3.05) is 4.72 Å². The number of sulfonamides is 1. The fourth-order valence-corrected chi connectivity index (χ4v) is 5.22. The van der Waals surface area contributed by atoms with Crippen LogP contribution in [-0.4, -0.2) is 34.9 Å². The van der Waals surface area contributed by atoms with Crippen LogP contribution >= 0.6 is 0 Å². The number of carbonyl (C=O) groups is 1. The number of amides is 1. The van der Waals surface area contributed by atoms with Gasteiger partial charge in [0, 0.05) is 30.0 Å². The van der Waals surface area contributed by atoms with Gasteiger partial charge < -0.3 is 9.47 Å². The van der Waals surface area contributed by atoms with Gasteiger partial charge in [-0.05, 0) is 31.9 Å². The molecule has 1 N–H and O–H groups in total. The molecular formula is C23H20F2N4O5S. The van der Waals surface area contributed by atoms with Crippen molar-refractivity contribution >= 4 is 21.8 Å². The average molecular weight is 502 g/mol. The second kappa shape index (κ2) is 8.77. The lowest BCUT2D eigenvalue weighted by atomic mass is 10.0. The first-order chi connectivity index (χ1) is 16.7. The van der Waals surface area contributed by atoms with Gasteiger partial charge >= 0.3 is 6.09 Å². The molecule has 1 aromatic heterocycles. The van der Waals surface area contributed by atoms with E-state index >= 15 is 8.78 Å². The number of rotatable bonds is 7. The molecule has 12 heteroatoms. The Bertz CT molecular complexity index is 1400. The van der Waals surface area contributed by atoms with Gasteiger partial charge in [0.05, 0.1) is 29.1 Å². The highest BCUT2D eigenvalue weighted by atomic mass is 32.2. The van der Waals surface area contributed by atoms with Crippen LogP contribution < -0.4 is 14.2 Å². The topological polar surface area (TPSA) is 111 Å². The maximum absolute atomic E-state index is 15.1. The molecule has 0 bridgehead atoms. The monoisotopic (exact) mass is 502 g/mol. The van der Waals surface area contributed by atoms with E-state index in [1.807, 2.05) is 0 Å². The summed E-state index contributed by atoms with van der Waals surface area (Å²) >= 11 is 0. The number of benzene rings is 2. The van der Waals surface area contributed by atoms with E-state index in [1.165, 1.54) is 36.5 Å². The molecule has 3 aromatic rings. The molecule has 9 nitrogen and oxygen atoms in total. The van der Waals surface area contributed by atoms with Crippen LogP contribution in [0.4, 0.5) is 19.3 Å². The Hall–Kier alpha value is -3.80. The van der Waals surface area contributed by atoms with Gasteiger partial charge in [-0.1, -0.05) is 12.1 Å². The Morgan fingerprint density at radius 3 is 2.71 bits per heavy atom. The molecule has 35 heavy (non-hydrogen) atoms. The van der Waals surface area contributed by atoms with Crippen LogP contribution in [0.1, 0.15) is 36.9 Å². The van der Waals surface area contributed by atoms with Gasteiger partial charge in [0.1, 0.15) is 17.3 Å². The lowest BCUT2D eigenvalue weighted by molar-refractivity contribution is 0.114. The molecule has 2 aromatic carbocycles. The average Bonchev–Trinajstić information content (AvgIpc) is 3.65. The van der Waals surface area contributed by atoms with Crippen LogP contribution in [0, 0.1) is 11.6 Å². The highest BCUT2D eigenvalue weighted by molar-refractivity contribution is 7.93. The zero-order valence-corrected chi connectivity index (χ0v) is 19.3. The van der Waals surface area contributed by atoms with Crippen molar-refractivity contribution in [3.8, 4) is 17.4 Å². The van der Waals surface area contributed by atoms with Crippen molar-refractivity contribution in [1.29, 1.82) is 0 Å². The van der Waals surface area contributed by atoms with E-state index in [-0.39, 0.29) is 40.7 Å². The first-order valence-corrected chi connectivity index (χ1v) is 12.3. The van der Waals surface area contributed by atoms with Crippen LogP contribution in [-0.2, 0) is 16.6 Å². The third-order valence-electron chi connectivity index (χ3n) is 5.79. The van der Waals surface area contributed by atoms with Gasteiger partial charge in [0.25, 0.3) is 0 Å². The molecule has 1 atom stereocenters. The zero-order valence-electron chi connectivity index (χ0n) is 18.4. The number of halogens is 2. The van der Waals surface area contributed by atoms with Crippen molar-refractivity contribution in [1.82, 2.24) is 15.1 Å². The number of aromatic nitrogens is 2. The highest BCUT2D eigenvalue weighted by Gasteiger charge is 2.37. The van der Waals surface area contributed by atoms with Gasteiger partial charge in [-0.25, -0.2) is 22.0 Å². The third kappa shape index (κ3) is 4.61. The van der Waals surface area contributed by atoms with Crippen LogP contribution in [0.2, 0.25) is 0 Å². The molecule has 1 amide bonds. The number of carbonyl (C=O) groups excluding carboxylic acids is 1. The summed E-state index contributed by atoms with van der Waals surface area (Å²) in [7, 11) is -3.67. The smallest absolute Gasteiger partial charge is 0.416 e. The van der Waals surface area contributed by atoms with Crippen molar-refractivity contribution in [3.63, 3.8) is 0 Å². The Morgan fingerprint density at radius 1 is 1.20 bits per heavy atom. The second-order valence-corrected chi connectivity index (χ2v) is 10.2. The third-order valence-corrected chi connectivity index (χ3v) is 7.64. The summed E-state index contributed by atoms with van der Waals surface area (Å²) in [4.78, 5) is 13.9. The largest absolute Gasteiger partial charge is 0.437 e. The van der Waals surface area contributed by atoms with E-state index in [0.717, 1.165) is 11.0 Å². The Balaban J connectivity index is 1.39. The number of anilines is 1. The quantitative estimate of drug-likeness (QED) is 0.505. The molecule has 1 aliphatic heterocycles. The number of hydrogen-bond acceptors (Lipinski definition) is 7. The molecule has 0 saturated heterocycles. The predicted octanol–water partition coefficient (Wildman–Crippen LogP) is 4.53. The molecule has 0 spiro atoms. The maximum atomic E-state index is 15.1. The van der Waals surface area contributed by atoms with E-state index in [2.05, 4.69) is 14.9 Å². The van der Waals surface area contributed by atoms with Gasteiger partial charge in [0.15, 0.2) is 5.82 Å². The van der Waals surface area contributed by atoms with Gasteiger partial charge in [0.2, 0.25) is 15.9 Å². The molecule has 0 unspecified atom stereocenters. The number of ether oxygens (including phenoxy) is 2. The second-order valence-electron chi connectivity index (χ2n) is 8.28. The zero-order chi connectivity index (χ0) is 24.7. The number of nitrogens with one attached hydrogen (secondary N) is 1. The minimum Gasteiger partial charge on any atom is -0.437 e. The van der Waals surface area contributed by atoms with Crippen molar-refractivity contribution in [3.05, 3.63) is 71.4 Å². The van der Waals surface area contributed by atoms with Gasteiger partial charge in [-0.3, -0.25) is 9.62 Å². The van der Waals surface area contributed by atoms with E-state index in [0.29, 0.717) is 12.8 Å². The van der Waals surface area contributed by atoms with Gasteiger partial charge in [-0.15, -0.1) is 5.10 Å². The standard InChI is InChI=1S/C23H20F2N4O5S/c1-13-21-17(24)10-15(33-20-6-3-9-26-27-20)11-19(21)34-23(30)29(13)12-14-4-2-5-18(22(14)25)28-35(31,32)16-7-8-16/h2-6,9-11,13,16,28H,7-8,12H2,1H3/t13-/m1/s1. The highest BCUT2D eigenvalue weighted by Crippen LogP contribution is 2.41. The van der Waals surface area contributed by atoms with Crippen LogP contribution in [0.3, 0.4) is 0 Å². The minimum absolute atomic E-state index is 0.0240. The summed E-state index contributed by atoms with van der Waals surface area (Å²) in [6.07, 6.45) is 1.71. The van der Waals surface area contributed by atoms with Crippen molar-refractivity contribution in [2.45, 2.75) is 37.6 Å². The molecule has 1 saturated carbocycles. The Morgan fingerprint density at radius 2 is 2.00 bits per heavy atom. The Kier molecular flexibility index (Phi) is 5.75. The number of hydrogen-bond donors (Lipinski definition) is 1. The molecule has 1 fully saturated rings. The normalized spacial score (nSPS) is 17.5. The molecule has 182 valence electrons. The first kappa shape index (κ1) is 23.0. The molecule has 5 rings (SSSR count). The molecule has 2 heterocycles. The molecule has 1 aliphatic carbocycles. The first-order valence-electron chi connectivity index (χ1n) is 10.8. The molecule has 0 radical (unpaired) electrons. The van der Waals surface area contributed by atoms with E-state index < -0.39 is 39.0 Å². The summed E-state index contributed by atoms with van der Waals surface area (Å²) < 4.78 is 67.7. The summed E-state index contributed by atoms with van der Waals surface area (Å²) in [5.74, 6) is -1.31. The summed E-state index contributed by atoms with van der Waals surface area (Å²) in [5.41, 5.74) is -0.0526. The van der Waals surface area contributed by atoms with Crippen LogP contribution in [0.5, 0.6) is 17.4 Å². The summed E-state index contributed by atoms with van der Waals surface area (Å²) in [5, 5.41) is 6.92. The lowest BCUT2D eigenvalue weighted by Gasteiger charge is -2.34. The lowest BCUT2D eigenvalue weighted by Crippen LogP contribution is -2.40. The van der Waals surface area contributed by atoms with E-state index in [1.54, 1.807) is 13.0 Å². The Labute approximate surface area is 199 Å². The fourth-order valence-electron chi connectivity index (χ4n) is 3.83.